The molecule has 7 nitrogen and oxygen atoms in total. The van der Waals surface area contributed by atoms with Gasteiger partial charge in [-0.15, -0.1) is 13.2 Å². The zero-order valence-electron chi connectivity index (χ0n) is 10.9. The maximum Gasteiger partial charge on any atom is 0.403 e. The number of ether oxygens (including phenoxy) is 2. The third-order valence-electron chi connectivity index (χ3n) is 1.85. The third kappa shape index (κ3) is 11.0. The first kappa shape index (κ1) is 18.5. The van der Waals surface area contributed by atoms with Crippen LogP contribution >= 0.6 is 7.75 Å². The molecule has 19 heavy (non-hydrogen) atoms. The lowest BCUT2D eigenvalue weighted by atomic mass is 10.4. The Bertz CT molecular complexity index is 299. The minimum Gasteiger partial charge on any atom is -0.395 e. The van der Waals surface area contributed by atoms with Crippen LogP contribution in [0.2, 0.25) is 0 Å². The molecule has 0 aromatic heterocycles. The van der Waals surface area contributed by atoms with Gasteiger partial charge in [-0.05, 0) is 0 Å². The summed E-state index contributed by atoms with van der Waals surface area (Å²) in [4.78, 5) is 9.37. The molecule has 0 amide bonds. The summed E-state index contributed by atoms with van der Waals surface area (Å²) >= 11 is 0. The van der Waals surface area contributed by atoms with Crippen LogP contribution in [-0.2, 0) is 18.6 Å². The number of hydrogen-bond donors (Lipinski definition) is 3. The van der Waals surface area contributed by atoms with E-state index in [-0.39, 0.29) is 33.0 Å². The van der Waals surface area contributed by atoms with E-state index in [1.165, 1.54) is 0 Å². The maximum absolute atomic E-state index is 11.5. The van der Waals surface area contributed by atoms with E-state index in [0.717, 1.165) is 0 Å². The zero-order chi connectivity index (χ0) is 14.6. The smallest absolute Gasteiger partial charge is 0.395 e. The van der Waals surface area contributed by atoms with Crippen molar-refractivity contribution in [1.82, 2.24) is 5.09 Å². The second-order valence-electron chi connectivity index (χ2n) is 3.52. The van der Waals surface area contributed by atoms with E-state index >= 15 is 0 Å². The highest BCUT2D eigenvalue weighted by atomic mass is 31.2. The van der Waals surface area contributed by atoms with Gasteiger partial charge < -0.3 is 19.5 Å². The van der Waals surface area contributed by atoms with Crippen LogP contribution in [0.5, 0.6) is 0 Å². The first-order valence-corrected chi connectivity index (χ1v) is 7.38. The lowest BCUT2D eigenvalue weighted by Gasteiger charge is -2.19. The molecule has 0 fully saturated rings. The summed E-state index contributed by atoms with van der Waals surface area (Å²) in [6, 6.07) is 0. The van der Waals surface area contributed by atoms with Crippen molar-refractivity contribution in [2.45, 2.75) is 6.10 Å². The fourth-order valence-corrected chi connectivity index (χ4v) is 1.89. The van der Waals surface area contributed by atoms with Gasteiger partial charge in [0.2, 0.25) is 0 Å². The van der Waals surface area contributed by atoms with Gasteiger partial charge >= 0.3 is 7.75 Å². The summed E-state index contributed by atoms with van der Waals surface area (Å²) < 4.78 is 26.8. The van der Waals surface area contributed by atoms with Crippen LogP contribution in [0.1, 0.15) is 0 Å². The predicted octanol–water partition coefficient (Wildman–Crippen LogP) is 0.459. The molecule has 112 valence electrons. The number of rotatable bonds is 13. The van der Waals surface area contributed by atoms with Crippen molar-refractivity contribution in [3.63, 3.8) is 0 Å². The van der Waals surface area contributed by atoms with Gasteiger partial charge in [-0.25, -0.2) is 9.65 Å². The Labute approximate surface area is 113 Å². The highest BCUT2D eigenvalue weighted by Crippen LogP contribution is 2.36. The molecule has 0 rings (SSSR count). The third-order valence-corrected chi connectivity index (χ3v) is 2.97. The summed E-state index contributed by atoms with van der Waals surface area (Å²) in [6.45, 7) is 7.46. The molecule has 0 aliphatic carbocycles. The highest BCUT2D eigenvalue weighted by molar-refractivity contribution is 7.50. The van der Waals surface area contributed by atoms with Crippen LogP contribution < -0.4 is 5.09 Å². The average molecular weight is 295 g/mol. The Kier molecular flexibility index (Phi) is 11.0. The van der Waals surface area contributed by atoms with Gasteiger partial charge in [0.05, 0.1) is 33.0 Å². The second kappa shape index (κ2) is 11.3. The topological polar surface area (TPSA) is 97.3 Å². The average Bonchev–Trinajstić information content (AvgIpc) is 2.39. The normalized spacial score (nSPS) is 15.7. The van der Waals surface area contributed by atoms with Crippen LogP contribution in [0, 0.1) is 0 Å². The van der Waals surface area contributed by atoms with Crippen LogP contribution in [-0.4, -0.2) is 55.7 Å². The Balaban J connectivity index is 4.10. The fraction of sp³-hybridized carbons (Fsp3) is 0.636. The monoisotopic (exact) mass is 295 g/mol. The van der Waals surface area contributed by atoms with Crippen molar-refractivity contribution in [2.75, 3.05) is 39.6 Å². The highest BCUT2D eigenvalue weighted by Gasteiger charge is 2.21. The number of aliphatic hydroxyl groups excluding tert-OH is 1. The van der Waals surface area contributed by atoms with E-state index in [0.29, 0.717) is 6.61 Å². The minimum atomic E-state index is -3.93. The molecule has 2 atom stereocenters. The van der Waals surface area contributed by atoms with Crippen LogP contribution in [0.4, 0.5) is 0 Å². The summed E-state index contributed by atoms with van der Waals surface area (Å²) in [5.41, 5.74) is 0. The fourth-order valence-electron chi connectivity index (χ4n) is 1.05. The van der Waals surface area contributed by atoms with Crippen molar-refractivity contribution in [3.05, 3.63) is 25.3 Å². The summed E-state index contributed by atoms with van der Waals surface area (Å²) in [5.74, 6) is 0. The summed E-state index contributed by atoms with van der Waals surface area (Å²) in [6.07, 6.45) is 2.66. The van der Waals surface area contributed by atoms with Gasteiger partial charge in [0.25, 0.3) is 0 Å². The standard InChI is InChI=1S/C11H22NO6P/c1-3-7-16-9-11(17-8-4-2)10-18-19(14,15)12-5-6-13/h3-4,11,13H,1-2,5-10H2,(H2,12,14,15)/t11-/m1/s1. The van der Waals surface area contributed by atoms with E-state index in [1.54, 1.807) is 12.2 Å². The molecule has 0 spiro atoms. The van der Waals surface area contributed by atoms with Gasteiger partial charge in [0, 0.05) is 6.54 Å². The Morgan fingerprint density at radius 1 is 1.26 bits per heavy atom. The molecule has 0 saturated carbocycles. The SMILES string of the molecule is C=CCOC[C@H](COP(=O)(O)NCCO)OCC=C. The number of aliphatic hydroxyl groups is 1. The van der Waals surface area contributed by atoms with Gasteiger partial charge in [-0.2, -0.15) is 0 Å². The van der Waals surface area contributed by atoms with E-state index in [4.69, 9.17) is 19.1 Å². The molecule has 0 aliphatic rings. The van der Waals surface area contributed by atoms with Gasteiger partial charge in [-0.3, -0.25) is 4.52 Å². The Hall–Kier alpha value is -0.530. The zero-order valence-corrected chi connectivity index (χ0v) is 11.8. The molecule has 0 aromatic carbocycles. The number of hydrogen-bond acceptors (Lipinski definition) is 5. The molecule has 0 radical (unpaired) electrons. The Morgan fingerprint density at radius 2 is 1.95 bits per heavy atom. The van der Waals surface area contributed by atoms with Crippen LogP contribution in [0.25, 0.3) is 0 Å². The summed E-state index contributed by atoms with van der Waals surface area (Å²) in [5, 5.41) is 10.7. The molecule has 0 aliphatic heterocycles. The van der Waals surface area contributed by atoms with Crippen LogP contribution in [0.3, 0.4) is 0 Å². The van der Waals surface area contributed by atoms with E-state index in [9.17, 15) is 9.46 Å². The molecule has 8 heteroatoms. The van der Waals surface area contributed by atoms with Crippen molar-refractivity contribution in [2.24, 2.45) is 0 Å². The lowest BCUT2D eigenvalue weighted by molar-refractivity contribution is -0.0236. The first-order chi connectivity index (χ1) is 9.05. The quantitative estimate of drug-likeness (QED) is 0.258. The first-order valence-electron chi connectivity index (χ1n) is 5.80. The van der Waals surface area contributed by atoms with Crippen LogP contribution in [0.15, 0.2) is 25.3 Å². The lowest BCUT2D eigenvalue weighted by Crippen LogP contribution is -2.27. The van der Waals surface area contributed by atoms with Crippen molar-refractivity contribution >= 4 is 7.75 Å². The van der Waals surface area contributed by atoms with E-state index in [2.05, 4.69) is 18.2 Å². The van der Waals surface area contributed by atoms with Crippen molar-refractivity contribution < 1.29 is 28.6 Å². The molecule has 0 aromatic rings. The molecule has 0 bridgehead atoms. The van der Waals surface area contributed by atoms with Gasteiger partial charge in [0.1, 0.15) is 6.10 Å². The molecule has 3 N–H and O–H groups in total. The van der Waals surface area contributed by atoms with Gasteiger partial charge in [0.15, 0.2) is 0 Å². The van der Waals surface area contributed by atoms with E-state index in [1.807, 2.05) is 0 Å². The largest absolute Gasteiger partial charge is 0.403 e. The molecular weight excluding hydrogens is 273 g/mol. The number of nitrogens with one attached hydrogen (secondary N) is 1. The minimum absolute atomic E-state index is 0.0288. The molecule has 1 unspecified atom stereocenters. The Morgan fingerprint density at radius 3 is 2.53 bits per heavy atom. The molecule has 0 heterocycles. The predicted molar refractivity (Wildman–Crippen MR) is 71.8 cm³/mol. The molecular formula is C11H22NO6P. The van der Waals surface area contributed by atoms with Crippen molar-refractivity contribution in [3.8, 4) is 0 Å². The molecule has 0 saturated heterocycles. The maximum atomic E-state index is 11.5. The second-order valence-corrected chi connectivity index (χ2v) is 5.13. The van der Waals surface area contributed by atoms with E-state index < -0.39 is 13.9 Å². The van der Waals surface area contributed by atoms with Gasteiger partial charge in [-0.1, -0.05) is 12.2 Å². The summed E-state index contributed by atoms with van der Waals surface area (Å²) in [7, 11) is -3.93. The van der Waals surface area contributed by atoms with Crippen molar-refractivity contribution in [1.29, 1.82) is 0 Å².